The molecule has 1 aromatic heterocycles. The van der Waals surface area contributed by atoms with E-state index in [-0.39, 0.29) is 5.41 Å². The molecule has 1 aromatic rings. The first-order valence-corrected chi connectivity index (χ1v) is 6.85. The van der Waals surface area contributed by atoms with Crippen molar-refractivity contribution in [1.29, 1.82) is 0 Å². The van der Waals surface area contributed by atoms with E-state index in [9.17, 15) is 0 Å². The first-order valence-electron chi connectivity index (χ1n) is 6.47. The van der Waals surface area contributed by atoms with E-state index in [0.717, 1.165) is 5.02 Å². The van der Waals surface area contributed by atoms with Crippen molar-refractivity contribution >= 4 is 11.6 Å². The van der Waals surface area contributed by atoms with Gasteiger partial charge in [0, 0.05) is 17.3 Å². The van der Waals surface area contributed by atoms with Crippen LogP contribution < -0.4 is 0 Å². The van der Waals surface area contributed by atoms with E-state index in [1.54, 1.807) is 0 Å². The van der Waals surface area contributed by atoms with Gasteiger partial charge in [-0.3, -0.25) is 0 Å². The summed E-state index contributed by atoms with van der Waals surface area (Å²) < 4.78 is 0. The molecule has 1 rings (SSSR count). The average Bonchev–Trinajstić information content (AvgIpc) is 2.66. The fourth-order valence-electron chi connectivity index (χ4n) is 2.50. The van der Waals surface area contributed by atoms with Crippen LogP contribution in [0, 0.1) is 0 Å². The van der Waals surface area contributed by atoms with Crippen molar-refractivity contribution in [3.63, 3.8) is 0 Å². The van der Waals surface area contributed by atoms with Gasteiger partial charge in [-0.1, -0.05) is 58.1 Å². The van der Waals surface area contributed by atoms with Crippen molar-refractivity contribution in [3.05, 3.63) is 23.0 Å². The van der Waals surface area contributed by atoms with Gasteiger partial charge >= 0.3 is 0 Å². The lowest BCUT2D eigenvalue weighted by Crippen LogP contribution is -2.22. The normalized spacial score (nSPS) is 15.0. The zero-order chi connectivity index (χ0) is 12.0. The van der Waals surface area contributed by atoms with Gasteiger partial charge in [0.2, 0.25) is 0 Å². The Morgan fingerprint density at radius 3 is 2.44 bits per heavy atom. The lowest BCUT2D eigenvalue weighted by molar-refractivity contribution is 0.371. The molecule has 2 heteroatoms. The second kappa shape index (κ2) is 6.34. The molecule has 1 N–H and O–H groups in total. The summed E-state index contributed by atoms with van der Waals surface area (Å²) in [6, 6.07) is 1.96. The third-order valence-corrected chi connectivity index (χ3v) is 3.75. The molecular weight excluding hydrogens is 218 g/mol. The Morgan fingerprint density at radius 1 is 1.19 bits per heavy atom. The fraction of sp³-hybridized carbons (Fsp3) is 0.714. The summed E-state index contributed by atoms with van der Waals surface area (Å²) in [7, 11) is 0. The van der Waals surface area contributed by atoms with Crippen molar-refractivity contribution in [3.8, 4) is 0 Å². The maximum Gasteiger partial charge on any atom is 0.0618 e. The van der Waals surface area contributed by atoms with Gasteiger partial charge in [0.25, 0.3) is 0 Å². The number of halogens is 1. The van der Waals surface area contributed by atoms with E-state index < -0.39 is 0 Å². The Bertz CT molecular complexity index is 305. The molecule has 0 aromatic carbocycles. The van der Waals surface area contributed by atoms with Crippen molar-refractivity contribution in [1.82, 2.24) is 4.98 Å². The summed E-state index contributed by atoms with van der Waals surface area (Å²) in [6.07, 6.45) is 9.48. The van der Waals surface area contributed by atoms with Crippen molar-refractivity contribution in [2.75, 3.05) is 0 Å². The quantitative estimate of drug-likeness (QED) is 0.623. The fourth-order valence-corrected chi connectivity index (χ4v) is 2.85. The number of hydrogen-bond donors (Lipinski definition) is 1. The molecule has 1 nitrogen and oxygen atoms in total. The predicted octanol–water partition coefficient (Wildman–Crippen LogP) is 5.31. The van der Waals surface area contributed by atoms with Gasteiger partial charge in [0.1, 0.15) is 0 Å². The van der Waals surface area contributed by atoms with Gasteiger partial charge in [-0.2, -0.15) is 0 Å². The minimum Gasteiger partial charge on any atom is -0.363 e. The smallest absolute Gasteiger partial charge is 0.0618 e. The molecule has 92 valence electrons. The van der Waals surface area contributed by atoms with Crippen molar-refractivity contribution in [2.45, 2.75) is 64.7 Å². The van der Waals surface area contributed by atoms with Gasteiger partial charge in [-0.15, -0.1) is 0 Å². The van der Waals surface area contributed by atoms with E-state index in [0.29, 0.717) is 0 Å². The van der Waals surface area contributed by atoms with Crippen LogP contribution >= 0.6 is 11.6 Å². The maximum atomic E-state index is 6.24. The first-order chi connectivity index (χ1) is 7.64. The molecule has 0 saturated heterocycles. The second-order valence-electron chi connectivity index (χ2n) is 4.97. The number of aromatic nitrogens is 1. The average molecular weight is 242 g/mol. The lowest BCUT2D eigenvalue weighted by Gasteiger charge is -2.29. The monoisotopic (exact) mass is 241 g/mol. The van der Waals surface area contributed by atoms with Gasteiger partial charge in [-0.05, 0) is 18.9 Å². The Labute approximate surface area is 105 Å². The number of aromatic amines is 1. The Kier molecular flexibility index (Phi) is 5.40. The molecule has 0 bridgehead atoms. The van der Waals surface area contributed by atoms with E-state index in [1.165, 1.54) is 44.2 Å². The van der Waals surface area contributed by atoms with Crippen LogP contribution in [0.3, 0.4) is 0 Å². The zero-order valence-corrected chi connectivity index (χ0v) is 11.5. The molecule has 1 heterocycles. The molecule has 0 aliphatic carbocycles. The molecule has 0 aliphatic heterocycles. The summed E-state index contributed by atoms with van der Waals surface area (Å²) in [6.45, 7) is 6.83. The summed E-state index contributed by atoms with van der Waals surface area (Å²) in [5.74, 6) is 0. The molecule has 16 heavy (non-hydrogen) atoms. The highest BCUT2D eigenvalue weighted by Crippen LogP contribution is 2.37. The topological polar surface area (TPSA) is 15.8 Å². The highest BCUT2D eigenvalue weighted by atomic mass is 35.5. The standard InChI is InChI=1S/C14H24ClN/c1-4-6-7-10-14(3,9-5-2)13-12(15)8-11-16-13/h8,11,16H,4-7,9-10H2,1-3H3. The van der Waals surface area contributed by atoms with E-state index in [2.05, 4.69) is 25.8 Å². The Balaban J connectivity index is 2.75. The van der Waals surface area contributed by atoms with Crippen LogP contribution in [0.25, 0.3) is 0 Å². The van der Waals surface area contributed by atoms with Crippen LogP contribution in [0.4, 0.5) is 0 Å². The molecule has 0 saturated carbocycles. The largest absolute Gasteiger partial charge is 0.363 e. The Morgan fingerprint density at radius 2 is 1.94 bits per heavy atom. The molecule has 0 fully saturated rings. The minimum absolute atomic E-state index is 0.227. The predicted molar refractivity (Wildman–Crippen MR) is 72.2 cm³/mol. The van der Waals surface area contributed by atoms with Crippen LogP contribution in [-0.4, -0.2) is 4.98 Å². The summed E-state index contributed by atoms with van der Waals surface area (Å²) in [5, 5.41) is 0.896. The van der Waals surface area contributed by atoms with E-state index in [4.69, 9.17) is 11.6 Å². The van der Waals surface area contributed by atoms with Crippen molar-refractivity contribution in [2.24, 2.45) is 0 Å². The van der Waals surface area contributed by atoms with Crippen LogP contribution in [0.15, 0.2) is 12.3 Å². The minimum atomic E-state index is 0.227. The lowest BCUT2D eigenvalue weighted by atomic mass is 9.78. The SMILES string of the molecule is CCCCCC(C)(CCC)c1[nH]ccc1Cl. The molecule has 0 radical (unpaired) electrons. The highest BCUT2D eigenvalue weighted by molar-refractivity contribution is 6.31. The third kappa shape index (κ3) is 3.28. The highest BCUT2D eigenvalue weighted by Gasteiger charge is 2.28. The first kappa shape index (κ1) is 13.6. The van der Waals surface area contributed by atoms with E-state index in [1.807, 2.05) is 12.3 Å². The van der Waals surface area contributed by atoms with Gasteiger partial charge in [-0.25, -0.2) is 0 Å². The third-order valence-electron chi connectivity index (χ3n) is 3.43. The van der Waals surface area contributed by atoms with Crippen LogP contribution in [0.2, 0.25) is 5.02 Å². The molecule has 0 aliphatic rings. The van der Waals surface area contributed by atoms with Crippen LogP contribution in [-0.2, 0) is 5.41 Å². The molecule has 1 atom stereocenters. The Hall–Kier alpha value is -0.430. The zero-order valence-electron chi connectivity index (χ0n) is 10.8. The van der Waals surface area contributed by atoms with Crippen molar-refractivity contribution < 1.29 is 0 Å². The summed E-state index contributed by atoms with van der Waals surface area (Å²) in [5.41, 5.74) is 1.46. The molecular formula is C14H24ClN. The second-order valence-corrected chi connectivity index (χ2v) is 5.38. The summed E-state index contributed by atoms with van der Waals surface area (Å²) >= 11 is 6.24. The number of rotatable bonds is 7. The number of H-pyrrole nitrogens is 1. The number of hydrogen-bond acceptors (Lipinski definition) is 0. The number of unbranched alkanes of at least 4 members (excludes halogenated alkanes) is 2. The summed E-state index contributed by atoms with van der Waals surface area (Å²) in [4.78, 5) is 3.33. The molecule has 0 spiro atoms. The maximum absolute atomic E-state index is 6.24. The molecule has 1 unspecified atom stereocenters. The molecule has 0 amide bonds. The van der Waals surface area contributed by atoms with Crippen LogP contribution in [0.1, 0.15) is 65.0 Å². The van der Waals surface area contributed by atoms with Gasteiger partial charge in [0.05, 0.1) is 5.02 Å². The van der Waals surface area contributed by atoms with Crippen LogP contribution in [0.5, 0.6) is 0 Å². The van der Waals surface area contributed by atoms with E-state index >= 15 is 0 Å². The van der Waals surface area contributed by atoms with Gasteiger partial charge < -0.3 is 4.98 Å². The number of nitrogens with one attached hydrogen (secondary N) is 1. The van der Waals surface area contributed by atoms with Gasteiger partial charge in [0.15, 0.2) is 0 Å².